The molecule has 0 saturated carbocycles. The molecule has 0 aromatic heterocycles. The van der Waals surface area contributed by atoms with Crippen molar-refractivity contribution in [1.29, 1.82) is 0 Å². The lowest BCUT2D eigenvalue weighted by molar-refractivity contribution is -0.384. The van der Waals surface area contributed by atoms with E-state index in [-0.39, 0.29) is 22.9 Å². The summed E-state index contributed by atoms with van der Waals surface area (Å²) in [4.78, 5) is 22.9. The Morgan fingerprint density at radius 2 is 1.81 bits per heavy atom. The molecule has 0 fully saturated rings. The van der Waals surface area contributed by atoms with E-state index in [0.29, 0.717) is 16.9 Å². The number of nitro groups is 1. The van der Waals surface area contributed by atoms with Crippen LogP contribution in [0.5, 0.6) is 11.5 Å². The first-order valence-corrected chi connectivity index (χ1v) is 12.0. The molecule has 188 valence electrons. The van der Waals surface area contributed by atoms with Gasteiger partial charge in [0.15, 0.2) is 0 Å². The maximum atomic E-state index is 13.6. The molecule has 0 radical (unpaired) electrons. The fraction of sp³-hybridized carbons (Fsp3) is 0.167. The Hall–Kier alpha value is -4.29. The highest BCUT2D eigenvalue weighted by atomic mass is 32.2. The minimum absolute atomic E-state index is 0.0917. The molecule has 0 spiro atoms. The first kappa shape index (κ1) is 26.3. The number of nitro benzene ring substituents is 1. The van der Waals surface area contributed by atoms with Gasteiger partial charge in [-0.25, -0.2) is 13.8 Å². The van der Waals surface area contributed by atoms with Gasteiger partial charge in [-0.15, -0.1) is 0 Å². The number of carbonyl (C=O) groups excluding carboxylic acids is 1. The van der Waals surface area contributed by atoms with Gasteiger partial charge in [-0.05, 0) is 17.7 Å². The van der Waals surface area contributed by atoms with Gasteiger partial charge in [0.2, 0.25) is 10.0 Å². The van der Waals surface area contributed by atoms with E-state index in [2.05, 4.69) is 10.5 Å². The van der Waals surface area contributed by atoms with E-state index in [1.54, 1.807) is 42.5 Å². The average molecular weight is 513 g/mol. The number of sulfonamides is 1. The molecule has 12 heteroatoms. The van der Waals surface area contributed by atoms with Crippen LogP contribution in [0.1, 0.15) is 11.1 Å². The summed E-state index contributed by atoms with van der Waals surface area (Å²) in [6, 6.07) is 18.8. The number of carbonyl (C=O) groups is 1. The van der Waals surface area contributed by atoms with Crippen molar-refractivity contribution in [2.75, 3.05) is 20.8 Å². The standard InChI is InChI=1S/C24H24N4O7S/c1-34-21-11-12-22(35-2)23(14-21)36(32,33)27(16-18-7-4-3-5-8-18)17-24(29)26-25-15-19-9-6-10-20(13-19)28(30)31/h3-15H,16-17H2,1-2H3,(H,26,29)/b25-15+. The first-order valence-electron chi connectivity index (χ1n) is 10.6. The smallest absolute Gasteiger partial charge is 0.270 e. The van der Waals surface area contributed by atoms with E-state index >= 15 is 0 Å². The lowest BCUT2D eigenvalue weighted by Crippen LogP contribution is -2.39. The lowest BCUT2D eigenvalue weighted by Gasteiger charge is -2.23. The van der Waals surface area contributed by atoms with E-state index < -0.39 is 27.4 Å². The molecule has 11 nitrogen and oxygen atoms in total. The fourth-order valence-corrected chi connectivity index (χ4v) is 4.79. The summed E-state index contributed by atoms with van der Waals surface area (Å²) < 4.78 is 38.7. The second kappa shape index (κ2) is 11.9. The lowest BCUT2D eigenvalue weighted by atomic mass is 10.2. The largest absolute Gasteiger partial charge is 0.497 e. The summed E-state index contributed by atoms with van der Waals surface area (Å²) in [6.45, 7) is -0.643. The number of nitrogens with zero attached hydrogens (tertiary/aromatic N) is 3. The predicted octanol–water partition coefficient (Wildman–Crippen LogP) is 2.95. The molecule has 1 amide bonds. The van der Waals surface area contributed by atoms with Crippen molar-refractivity contribution in [3.8, 4) is 11.5 Å². The van der Waals surface area contributed by atoms with E-state index in [9.17, 15) is 23.3 Å². The molecular weight excluding hydrogens is 488 g/mol. The van der Waals surface area contributed by atoms with Crippen LogP contribution < -0.4 is 14.9 Å². The van der Waals surface area contributed by atoms with Crippen LogP contribution in [0.25, 0.3) is 0 Å². The molecule has 0 aliphatic rings. The van der Waals surface area contributed by atoms with Crippen molar-refractivity contribution in [3.05, 3.63) is 94.0 Å². The highest BCUT2D eigenvalue weighted by Crippen LogP contribution is 2.31. The van der Waals surface area contributed by atoms with Crippen LogP contribution in [0.4, 0.5) is 5.69 Å². The Morgan fingerprint density at radius 1 is 1.06 bits per heavy atom. The molecule has 36 heavy (non-hydrogen) atoms. The second-order valence-corrected chi connectivity index (χ2v) is 9.33. The average Bonchev–Trinajstić information content (AvgIpc) is 2.88. The number of ether oxygens (including phenoxy) is 2. The Morgan fingerprint density at radius 3 is 2.47 bits per heavy atom. The van der Waals surface area contributed by atoms with E-state index in [4.69, 9.17) is 9.47 Å². The SMILES string of the molecule is COc1ccc(OC)c(S(=O)(=O)N(CC(=O)N/N=C/c2cccc([N+](=O)[O-])c2)Cc2ccccc2)c1. The van der Waals surface area contributed by atoms with Crippen molar-refractivity contribution >= 4 is 27.8 Å². The molecule has 3 aromatic carbocycles. The van der Waals surface area contributed by atoms with E-state index in [1.165, 1.54) is 50.8 Å². The van der Waals surface area contributed by atoms with Crippen LogP contribution in [0.2, 0.25) is 0 Å². The molecule has 3 aromatic rings. The Balaban J connectivity index is 1.85. The van der Waals surface area contributed by atoms with E-state index in [1.807, 2.05) is 0 Å². The molecule has 3 rings (SSSR count). The van der Waals surface area contributed by atoms with Crippen LogP contribution in [-0.4, -0.2) is 50.5 Å². The maximum Gasteiger partial charge on any atom is 0.270 e. The highest BCUT2D eigenvalue weighted by Gasteiger charge is 2.30. The van der Waals surface area contributed by atoms with Crippen molar-refractivity contribution in [2.45, 2.75) is 11.4 Å². The topological polar surface area (TPSA) is 140 Å². The van der Waals surface area contributed by atoms with Gasteiger partial charge in [0.1, 0.15) is 16.4 Å². The summed E-state index contributed by atoms with van der Waals surface area (Å²) in [6.07, 6.45) is 1.23. The molecule has 0 bridgehead atoms. The molecule has 0 heterocycles. The van der Waals surface area contributed by atoms with Crippen molar-refractivity contribution in [3.63, 3.8) is 0 Å². The van der Waals surface area contributed by atoms with Gasteiger partial charge in [-0.1, -0.05) is 42.5 Å². The number of hydrogen-bond acceptors (Lipinski definition) is 8. The first-order chi connectivity index (χ1) is 17.2. The number of amides is 1. The monoisotopic (exact) mass is 512 g/mol. The molecule has 1 N–H and O–H groups in total. The van der Waals surface area contributed by atoms with Crippen molar-refractivity contribution in [1.82, 2.24) is 9.73 Å². The van der Waals surface area contributed by atoms with Crippen molar-refractivity contribution < 1.29 is 27.6 Å². The van der Waals surface area contributed by atoms with Gasteiger partial charge < -0.3 is 9.47 Å². The minimum Gasteiger partial charge on any atom is -0.497 e. The zero-order valence-corrected chi connectivity index (χ0v) is 20.3. The van der Waals surface area contributed by atoms with Crippen LogP contribution >= 0.6 is 0 Å². The second-order valence-electron chi connectivity index (χ2n) is 7.42. The third-order valence-electron chi connectivity index (χ3n) is 4.99. The van der Waals surface area contributed by atoms with Gasteiger partial charge in [0, 0.05) is 30.3 Å². The normalized spacial score (nSPS) is 11.4. The number of methoxy groups -OCH3 is 2. The third-order valence-corrected chi connectivity index (χ3v) is 6.81. The minimum atomic E-state index is -4.22. The molecular formula is C24H24N4O7S. The molecule has 0 aliphatic carbocycles. The summed E-state index contributed by atoms with van der Waals surface area (Å²) in [5.41, 5.74) is 3.19. The zero-order chi connectivity index (χ0) is 26.1. The summed E-state index contributed by atoms with van der Waals surface area (Å²) in [5, 5.41) is 14.7. The van der Waals surface area contributed by atoms with Crippen LogP contribution in [0.3, 0.4) is 0 Å². The summed E-state index contributed by atoms with van der Waals surface area (Å²) in [5.74, 6) is -0.309. The van der Waals surface area contributed by atoms with Crippen LogP contribution in [0.15, 0.2) is 82.8 Å². The van der Waals surface area contributed by atoms with Gasteiger partial charge in [0.25, 0.3) is 11.6 Å². The van der Waals surface area contributed by atoms with E-state index in [0.717, 1.165) is 4.31 Å². The third kappa shape index (κ3) is 6.64. The van der Waals surface area contributed by atoms with Crippen LogP contribution in [-0.2, 0) is 21.4 Å². The molecule has 0 saturated heterocycles. The maximum absolute atomic E-state index is 13.6. The molecule has 0 unspecified atom stereocenters. The number of rotatable bonds is 11. The number of nitrogens with one attached hydrogen (secondary N) is 1. The zero-order valence-electron chi connectivity index (χ0n) is 19.5. The van der Waals surface area contributed by atoms with Crippen molar-refractivity contribution in [2.24, 2.45) is 5.10 Å². The van der Waals surface area contributed by atoms with Crippen LogP contribution in [0, 0.1) is 10.1 Å². The Kier molecular flexibility index (Phi) is 8.71. The number of benzene rings is 3. The van der Waals surface area contributed by atoms with Gasteiger partial charge in [-0.2, -0.15) is 9.41 Å². The number of hydrogen-bond donors (Lipinski definition) is 1. The Labute approximate surface area is 208 Å². The van der Waals surface area contributed by atoms with Gasteiger partial charge in [0.05, 0.1) is 31.9 Å². The summed E-state index contributed by atoms with van der Waals surface area (Å²) >= 11 is 0. The number of non-ortho nitro benzene ring substituents is 1. The fourth-order valence-electron chi connectivity index (χ4n) is 3.23. The quantitative estimate of drug-likeness (QED) is 0.237. The highest BCUT2D eigenvalue weighted by molar-refractivity contribution is 7.89. The van der Waals surface area contributed by atoms with Gasteiger partial charge in [-0.3, -0.25) is 14.9 Å². The Bertz CT molecular complexity index is 1360. The number of hydrazone groups is 1. The summed E-state index contributed by atoms with van der Waals surface area (Å²) in [7, 11) is -1.47. The van der Waals surface area contributed by atoms with Gasteiger partial charge >= 0.3 is 0 Å². The predicted molar refractivity (Wildman–Crippen MR) is 132 cm³/mol. The molecule has 0 atom stereocenters. The molecule has 0 aliphatic heterocycles.